The first-order chi connectivity index (χ1) is 14.2. The van der Waals surface area contributed by atoms with Crippen LogP contribution in [0.25, 0.3) is 0 Å². The Balaban J connectivity index is 1.84. The number of aromatic nitrogens is 1. The van der Waals surface area contributed by atoms with E-state index >= 15 is 0 Å². The van der Waals surface area contributed by atoms with Gasteiger partial charge in [0.2, 0.25) is 5.43 Å². The van der Waals surface area contributed by atoms with E-state index in [-0.39, 0.29) is 43.5 Å². The molecule has 0 bridgehead atoms. The minimum absolute atomic E-state index is 0.0238. The van der Waals surface area contributed by atoms with Gasteiger partial charge in [-0.3, -0.25) is 14.4 Å². The summed E-state index contributed by atoms with van der Waals surface area (Å²) in [4.78, 5) is 39.1. The zero-order valence-electron chi connectivity index (χ0n) is 16.2. The third kappa shape index (κ3) is 4.04. The molecule has 8 nitrogen and oxygen atoms in total. The van der Waals surface area contributed by atoms with Crippen molar-refractivity contribution in [2.45, 2.75) is 32.5 Å². The van der Waals surface area contributed by atoms with Crippen LogP contribution in [0.2, 0.25) is 0 Å². The highest BCUT2D eigenvalue weighted by Crippen LogP contribution is 2.22. The number of fused-ring (bicyclic) bond motifs is 1. The maximum atomic E-state index is 13.7. The molecular weight excluding hydrogens is 400 g/mol. The molecular formula is C20H21F2N3O5. The second-order valence-electron chi connectivity index (χ2n) is 7.04. The molecule has 1 aliphatic heterocycles. The average Bonchev–Trinajstić information content (AvgIpc) is 2.69. The fourth-order valence-electron chi connectivity index (χ4n) is 3.36. The number of aromatic hydroxyl groups is 1. The van der Waals surface area contributed by atoms with Crippen molar-refractivity contribution in [2.75, 3.05) is 13.2 Å². The van der Waals surface area contributed by atoms with E-state index in [1.165, 1.54) is 21.7 Å². The van der Waals surface area contributed by atoms with Crippen LogP contribution in [0.1, 0.15) is 39.8 Å². The van der Waals surface area contributed by atoms with Gasteiger partial charge in [-0.15, -0.1) is 0 Å². The minimum atomic E-state index is -1.02. The largest absolute Gasteiger partial charge is 0.503 e. The van der Waals surface area contributed by atoms with Gasteiger partial charge in [-0.2, -0.15) is 0 Å². The first-order valence-electron chi connectivity index (χ1n) is 9.35. The summed E-state index contributed by atoms with van der Waals surface area (Å²) in [6.45, 7) is 1.85. The van der Waals surface area contributed by atoms with Gasteiger partial charge >= 0.3 is 0 Å². The van der Waals surface area contributed by atoms with Gasteiger partial charge in [0, 0.05) is 50.1 Å². The lowest BCUT2D eigenvalue weighted by Gasteiger charge is -2.34. The number of carbonyl (C=O) groups excluding carboxylic acids is 2. The Bertz CT molecular complexity index is 1050. The molecule has 0 aliphatic carbocycles. The minimum Gasteiger partial charge on any atom is -0.503 e. The lowest BCUT2D eigenvalue weighted by Crippen LogP contribution is -2.47. The summed E-state index contributed by atoms with van der Waals surface area (Å²) >= 11 is 0. The van der Waals surface area contributed by atoms with Gasteiger partial charge in [0.15, 0.2) is 11.4 Å². The van der Waals surface area contributed by atoms with E-state index in [9.17, 15) is 28.3 Å². The molecule has 1 aliphatic rings. The fraction of sp³-hybridized carbons (Fsp3) is 0.350. The third-order valence-electron chi connectivity index (χ3n) is 5.08. The van der Waals surface area contributed by atoms with E-state index in [1.54, 1.807) is 6.92 Å². The van der Waals surface area contributed by atoms with Gasteiger partial charge in [0.25, 0.3) is 11.8 Å². The summed E-state index contributed by atoms with van der Waals surface area (Å²) in [5.41, 5.74) is -1.63. The summed E-state index contributed by atoms with van der Waals surface area (Å²) in [5.74, 6) is -3.88. The molecule has 2 aromatic rings. The number of aliphatic hydroxyl groups excluding tert-OH is 1. The van der Waals surface area contributed by atoms with Crippen LogP contribution < -0.4 is 10.7 Å². The van der Waals surface area contributed by atoms with Crippen molar-refractivity contribution in [2.24, 2.45) is 0 Å². The van der Waals surface area contributed by atoms with Crippen molar-refractivity contribution >= 4 is 11.8 Å². The molecule has 1 unspecified atom stereocenters. The first kappa shape index (κ1) is 21.4. The van der Waals surface area contributed by atoms with E-state index in [0.717, 1.165) is 6.07 Å². The Kier molecular flexibility index (Phi) is 6.16. The SMILES string of the molecule is CC(CCO)N1CCn2cc(C(=O)NCc3ccc(F)cc3F)c(=O)c(O)c2C1=O. The van der Waals surface area contributed by atoms with Crippen LogP contribution in [0, 0.1) is 11.6 Å². The Hall–Kier alpha value is -3.27. The van der Waals surface area contributed by atoms with Crippen molar-refractivity contribution in [1.29, 1.82) is 0 Å². The molecule has 0 saturated carbocycles. The number of rotatable bonds is 6. The van der Waals surface area contributed by atoms with E-state index in [2.05, 4.69) is 5.32 Å². The zero-order chi connectivity index (χ0) is 22.0. The molecule has 0 saturated heterocycles. The fourth-order valence-corrected chi connectivity index (χ4v) is 3.36. The van der Waals surface area contributed by atoms with Gasteiger partial charge in [-0.1, -0.05) is 6.07 Å². The highest BCUT2D eigenvalue weighted by Gasteiger charge is 2.32. The Morgan fingerprint density at radius 3 is 2.67 bits per heavy atom. The Morgan fingerprint density at radius 1 is 1.27 bits per heavy atom. The highest BCUT2D eigenvalue weighted by atomic mass is 19.1. The number of nitrogens with zero attached hydrogens (tertiary/aromatic N) is 2. The number of carbonyl (C=O) groups is 2. The Labute approximate surface area is 170 Å². The molecule has 0 spiro atoms. The van der Waals surface area contributed by atoms with Crippen molar-refractivity contribution in [1.82, 2.24) is 14.8 Å². The molecule has 0 radical (unpaired) electrons. The van der Waals surface area contributed by atoms with Crippen LogP contribution in [-0.2, 0) is 13.1 Å². The number of benzene rings is 1. The lowest BCUT2D eigenvalue weighted by atomic mass is 10.1. The number of pyridine rings is 1. The second kappa shape index (κ2) is 8.62. The molecule has 30 heavy (non-hydrogen) atoms. The molecule has 3 N–H and O–H groups in total. The predicted octanol–water partition coefficient (Wildman–Crippen LogP) is 0.989. The van der Waals surface area contributed by atoms with E-state index in [1.807, 2.05) is 0 Å². The molecule has 160 valence electrons. The summed E-state index contributed by atoms with van der Waals surface area (Å²) in [5, 5.41) is 21.8. The smallest absolute Gasteiger partial charge is 0.274 e. The van der Waals surface area contributed by atoms with Crippen LogP contribution >= 0.6 is 0 Å². The van der Waals surface area contributed by atoms with Crippen LogP contribution in [0.5, 0.6) is 5.75 Å². The zero-order valence-corrected chi connectivity index (χ0v) is 16.2. The molecule has 1 aromatic carbocycles. The van der Waals surface area contributed by atoms with Crippen molar-refractivity contribution in [3.8, 4) is 5.75 Å². The van der Waals surface area contributed by atoms with E-state index in [4.69, 9.17) is 5.11 Å². The Morgan fingerprint density at radius 2 is 2.00 bits per heavy atom. The second-order valence-corrected chi connectivity index (χ2v) is 7.04. The number of halogens is 2. The summed E-state index contributed by atoms with van der Waals surface area (Å²) in [6.07, 6.45) is 1.52. The van der Waals surface area contributed by atoms with Crippen LogP contribution in [0.4, 0.5) is 8.78 Å². The van der Waals surface area contributed by atoms with Gasteiger partial charge < -0.3 is 25.0 Å². The van der Waals surface area contributed by atoms with Gasteiger partial charge in [-0.25, -0.2) is 8.78 Å². The molecule has 10 heteroatoms. The summed E-state index contributed by atoms with van der Waals surface area (Å²) < 4.78 is 28.0. The summed E-state index contributed by atoms with van der Waals surface area (Å²) in [6, 6.07) is 2.60. The molecule has 2 heterocycles. The average molecular weight is 421 g/mol. The molecule has 3 rings (SSSR count). The van der Waals surface area contributed by atoms with Gasteiger partial charge in [0.05, 0.1) is 0 Å². The number of amides is 2. The first-order valence-corrected chi connectivity index (χ1v) is 9.35. The van der Waals surface area contributed by atoms with Crippen molar-refractivity contribution in [3.63, 3.8) is 0 Å². The van der Waals surface area contributed by atoms with Crippen LogP contribution in [0.3, 0.4) is 0 Å². The van der Waals surface area contributed by atoms with Crippen molar-refractivity contribution in [3.05, 3.63) is 63.1 Å². The lowest BCUT2D eigenvalue weighted by molar-refractivity contribution is 0.0597. The monoisotopic (exact) mass is 421 g/mol. The van der Waals surface area contributed by atoms with Crippen LogP contribution in [0.15, 0.2) is 29.2 Å². The predicted molar refractivity (Wildman–Crippen MR) is 102 cm³/mol. The topological polar surface area (TPSA) is 112 Å². The van der Waals surface area contributed by atoms with Gasteiger partial charge in [0.1, 0.15) is 17.2 Å². The standard InChI is InChI=1S/C20H21F2N3O5/c1-11(4-7-26)25-6-5-24-10-14(17(27)18(28)16(24)20(25)30)19(29)23-9-12-2-3-13(21)8-15(12)22/h2-3,8,10-11,26,28H,4-7,9H2,1H3,(H,23,29). The molecule has 1 aromatic heterocycles. The molecule has 1 atom stereocenters. The van der Waals surface area contributed by atoms with Gasteiger partial charge in [-0.05, 0) is 19.4 Å². The number of aliphatic hydroxyl groups is 1. The maximum absolute atomic E-state index is 13.7. The quantitative estimate of drug-likeness (QED) is 0.644. The third-order valence-corrected chi connectivity index (χ3v) is 5.08. The summed E-state index contributed by atoms with van der Waals surface area (Å²) in [7, 11) is 0. The number of hydrogen-bond acceptors (Lipinski definition) is 5. The molecule has 0 fully saturated rings. The number of hydrogen-bond donors (Lipinski definition) is 3. The van der Waals surface area contributed by atoms with Crippen molar-refractivity contribution < 1.29 is 28.6 Å². The maximum Gasteiger partial charge on any atom is 0.274 e. The highest BCUT2D eigenvalue weighted by molar-refractivity contribution is 5.99. The molecule has 2 amide bonds. The van der Waals surface area contributed by atoms with Crippen LogP contribution in [-0.4, -0.2) is 50.7 Å². The van der Waals surface area contributed by atoms with E-state index in [0.29, 0.717) is 12.5 Å². The number of nitrogens with one attached hydrogen (secondary N) is 1. The normalized spacial score (nSPS) is 14.4. The van der Waals surface area contributed by atoms with E-state index < -0.39 is 40.2 Å².